The molecule has 0 aliphatic heterocycles. The van der Waals surface area contributed by atoms with Crippen molar-refractivity contribution in [2.45, 2.75) is 33.2 Å². The number of nitrogens with one attached hydrogen (secondary N) is 1. The number of hydrogen-bond donors (Lipinski definition) is 1. The van der Waals surface area contributed by atoms with Gasteiger partial charge in [-0.1, -0.05) is 79.2 Å². The summed E-state index contributed by atoms with van der Waals surface area (Å²) in [6.07, 6.45) is 1.69. The van der Waals surface area contributed by atoms with E-state index in [0.29, 0.717) is 13.1 Å². The molecule has 0 spiro atoms. The molecule has 1 heterocycles. The average molecular weight is 425 g/mol. The lowest BCUT2D eigenvalue weighted by Crippen LogP contribution is -2.34. The maximum atomic E-state index is 13.3. The fourth-order valence-electron chi connectivity index (χ4n) is 3.88. The first kappa shape index (κ1) is 21.6. The van der Waals surface area contributed by atoms with Gasteiger partial charge in [-0.05, 0) is 54.0 Å². The lowest BCUT2D eigenvalue weighted by atomic mass is 10.1. The Morgan fingerprint density at radius 1 is 0.875 bits per heavy atom. The van der Waals surface area contributed by atoms with Crippen molar-refractivity contribution >= 4 is 16.8 Å². The van der Waals surface area contributed by atoms with Gasteiger partial charge in [-0.15, -0.1) is 0 Å². The second kappa shape index (κ2) is 9.65. The Balaban J connectivity index is 1.59. The normalized spacial score (nSPS) is 10.9. The number of benzene rings is 3. The summed E-state index contributed by atoms with van der Waals surface area (Å²) >= 11 is 0. The van der Waals surface area contributed by atoms with Crippen molar-refractivity contribution in [1.29, 1.82) is 0 Å². The molecule has 4 nitrogen and oxygen atoms in total. The van der Waals surface area contributed by atoms with Crippen molar-refractivity contribution in [2.75, 3.05) is 6.54 Å². The maximum Gasteiger partial charge on any atom is 0.264 e. The van der Waals surface area contributed by atoms with Gasteiger partial charge in [0.15, 0.2) is 0 Å². The lowest BCUT2D eigenvalue weighted by Gasteiger charge is -2.14. The number of para-hydroxylation sites is 1. The zero-order valence-corrected chi connectivity index (χ0v) is 18.6. The van der Waals surface area contributed by atoms with E-state index in [4.69, 9.17) is 0 Å². The number of rotatable bonds is 7. The van der Waals surface area contributed by atoms with Crippen LogP contribution < -0.4 is 10.9 Å². The van der Waals surface area contributed by atoms with Crippen LogP contribution in [-0.4, -0.2) is 17.0 Å². The molecule has 162 valence electrons. The highest BCUT2D eigenvalue weighted by Crippen LogP contribution is 2.16. The van der Waals surface area contributed by atoms with Gasteiger partial charge in [0.25, 0.3) is 11.5 Å². The van der Waals surface area contributed by atoms with Crippen LogP contribution in [0.3, 0.4) is 0 Å². The predicted molar refractivity (Wildman–Crippen MR) is 130 cm³/mol. The fraction of sp³-hybridized carbons (Fsp3) is 0.214. The summed E-state index contributed by atoms with van der Waals surface area (Å²) in [5.41, 5.74) is 5.39. The van der Waals surface area contributed by atoms with Crippen molar-refractivity contribution < 1.29 is 4.79 Å². The van der Waals surface area contributed by atoms with E-state index in [2.05, 4.69) is 55.6 Å². The molecular formula is C28H28N2O2. The molecule has 3 aromatic carbocycles. The van der Waals surface area contributed by atoms with Gasteiger partial charge in [0.2, 0.25) is 0 Å². The molecule has 0 bridgehead atoms. The third kappa shape index (κ3) is 4.80. The van der Waals surface area contributed by atoms with E-state index in [1.54, 1.807) is 10.6 Å². The molecule has 0 unspecified atom stereocenters. The first-order valence-electron chi connectivity index (χ1n) is 11.1. The van der Waals surface area contributed by atoms with Gasteiger partial charge in [-0.2, -0.15) is 0 Å². The summed E-state index contributed by atoms with van der Waals surface area (Å²) < 4.78 is 1.70. The largest absolute Gasteiger partial charge is 0.352 e. The van der Waals surface area contributed by atoms with E-state index in [1.165, 1.54) is 11.1 Å². The van der Waals surface area contributed by atoms with Crippen molar-refractivity contribution in [3.05, 3.63) is 117 Å². The molecule has 0 aliphatic carbocycles. The van der Waals surface area contributed by atoms with Crippen LogP contribution in [0.4, 0.5) is 0 Å². The van der Waals surface area contributed by atoms with Crippen molar-refractivity contribution in [1.82, 2.24) is 9.88 Å². The quantitative estimate of drug-likeness (QED) is 0.459. The summed E-state index contributed by atoms with van der Waals surface area (Å²) in [7, 11) is 0. The van der Waals surface area contributed by atoms with Crippen LogP contribution in [0.25, 0.3) is 10.9 Å². The van der Waals surface area contributed by atoms with Gasteiger partial charge in [0, 0.05) is 6.54 Å². The number of aryl methyl sites for hydroxylation is 2. The molecule has 4 aromatic rings. The smallest absolute Gasteiger partial charge is 0.264 e. The zero-order valence-electron chi connectivity index (χ0n) is 18.6. The molecular weight excluding hydrogens is 396 g/mol. The van der Waals surface area contributed by atoms with E-state index in [0.717, 1.165) is 34.9 Å². The molecule has 0 atom stereocenters. The SMILES string of the molecule is CCc1ccc(Cn2c(=O)c(C(=O)NCCc3ccc(C)cc3)cc3ccccc32)cc1. The number of carbonyl (C=O) groups excluding carboxylic acids is 1. The maximum absolute atomic E-state index is 13.3. The number of aromatic nitrogens is 1. The summed E-state index contributed by atoms with van der Waals surface area (Å²) in [6, 6.07) is 25.9. The van der Waals surface area contributed by atoms with Crippen molar-refractivity contribution in [3.63, 3.8) is 0 Å². The van der Waals surface area contributed by atoms with E-state index in [-0.39, 0.29) is 17.0 Å². The Labute approximate surface area is 188 Å². The van der Waals surface area contributed by atoms with Crippen molar-refractivity contribution in [3.8, 4) is 0 Å². The number of carbonyl (C=O) groups is 1. The van der Waals surface area contributed by atoms with E-state index >= 15 is 0 Å². The number of hydrogen-bond acceptors (Lipinski definition) is 2. The van der Waals surface area contributed by atoms with Crippen LogP contribution >= 0.6 is 0 Å². The van der Waals surface area contributed by atoms with Crippen LogP contribution in [0.2, 0.25) is 0 Å². The molecule has 0 aliphatic rings. The highest BCUT2D eigenvalue weighted by atomic mass is 16.2. The molecule has 0 saturated carbocycles. The van der Waals surface area contributed by atoms with E-state index < -0.39 is 0 Å². The standard InChI is InChI=1S/C28H28N2O2/c1-3-21-12-14-23(15-13-21)19-30-26-7-5-4-6-24(26)18-25(28(30)32)27(31)29-17-16-22-10-8-20(2)9-11-22/h4-15,18H,3,16-17,19H2,1-2H3,(H,29,31). The molecule has 4 rings (SSSR count). The monoisotopic (exact) mass is 424 g/mol. The average Bonchev–Trinajstić information content (AvgIpc) is 2.82. The highest BCUT2D eigenvalue weighted by Gasteiger charge is 2.15. The lowest BCUT2D eigenvalue weighted by molar-refractivity contribution is 0.0952. The van der Waals surface area contributed by atoms with Gasteiger partial charge in [0.1, 0.15) is 5.56 Å². The number of fused-ring (bicyclic) bond motifs is 1. The Hall–Kier alpha value is -3.66. The zero-order chi connectivity index (χ0) is 22.5. The predicted octanol–water partition coefficient (Wildman–Crippen LogP) is 4.89. The minimum Gasteiger partial charge on any atom is -0.352 e. The van der Waals surface area contributed by atoms with Gasteiger partial charge >= 0.3 is 0 Å². The highest BCUT2D eigenvalue weighted by molar-refractivity contribution is 5.97. The first-order valence-corrected chi connectivity index (χ1v) is 11.1. The van der Waals surface area contributed by atoms with E-state index in [9.17, 15) is 9.59 Å². The van der Waals surface area contributed by atoms with Gasteiger partial charge in [-0.25, -0.2) is 0 Å². The van der Waals surface area contributed by atoms with Crippen LogP contribution in [-0.2, 0) is 19.4 Å². The summed E-state index contributed by atoms with van der Waals surface area (Å²) in [5, 5.41) is 3.80. The number of nitrogens with zero attached hydrogens (tertiary/aromatic N) is 1. The first-order chi connectivity index (χ1) is 15.5. The Bertz CT molecular complexity index is 1290. The minimum absolute atomic E-state index is 0.179. The Morgan fingerprint density at radius 2 is 1.53 bits per heavy atom. The molecule has 1 N–H and O–H groups in total. The second-order valence-electron chi connectivity index (χ2n) is 8.17. The summed E-state index contributed by atoms with van der Waals surface area (Å²) in [5.74, 6) is -0.331. The summed E-state index contributed by atoms with van der Waals surface area (Å²) in [6.45, 7) is 5.07. The van der Waals surface area contributed by atoms with Crippen LogP contribution in [0.15, 0.2) is 83.7 Å². The minimum atomic E-state index is -0.331. The fourth-order valence-corrected chi connectivity index (χ4v) is 3.88. The molecule has 0 fully saturated rings. The number of amides is 1. The second-order valence-corrected chi connectivity index (χ2v) is 8.17. The molecule has 0 radical (unpaired) electrons. The van der Waals surface area contributed by atoms with Crippen LogP contribution in [0.1, 0.15) is 39.5 Å². The van der Waals surface area contributed by atoms with Crippen LogP contribution in [0, 0.1) is 6.92 Å². The Kier molecular flexibility index (Phi) is 6.50. The van der Waals surface area contributed by atoms with Crippen molar-refractivity contribution in [2.24, 2.45) is 0 Å². The van der Waals surface area contributed by atoms with Crippen LogP contribution in [0.5, 0.6) is 0 Å². The molecule has 0 saturated heterocycles. The van der Waals surface area contributed by atoms with Gasteiger partial charge in [0.05, 0.1) is 12.1 Å². The van der Waals surface area contributed by atoms with Gasteiger partial charge < -0.3 is 9.88 Å². The Morgan fingerprint density at radius 3 is 2.25 bits per heavy atom. The number of pyridine rings is 1. The van der Waals surface area contributed by atoms with Gasteiger partial charge in [-0.3, -0.25) is 9.59 Å². The molecule has 1 amide bonds. The molecule has 32 heavy (non-hydrogen) atoms. The molecule has 1 aromatic heterocycles. The third-order valence-electron chi connectivity index (χ3n) is 5.84. The topological polar surface area (TPSA) is 51.1 Å². The molecule has 4 heteroatoms. The van der Waals surface area contributed by atoms with E-state index in [1.807, 2.05) is 36.4 Å². The summed E-state index contributed by atoms with van der Waals surface area (Å²) in [4.78, 5) is 26.2. The third-order valence-corrected chi connectivity index (χ3v) is 5.84.